The molecule has 0 radical (unpaired) electrons. The van der Waals surface area contributed by atoms with Gasteiger partial charge in [-0.15, -0.1) is 0 Å². The SMILES string of the molecule is Cc1ccc(C#CCCCO)c2ccccc12. The number of hydrogen-bond donors (Lipinski definition) is 1. The van der Waals surface area contributed by atoms with Crippen LogP contribution in [-0.2, 0) is 0 Å². The summed E-state index contributed by atoms with van der Waals surface area (Å²) in [5.41, 5.74) is 2.35. The predicted octanol–water partition coefficient (Wildman–Crippen LogP) is 3.27. The van der Waals surface area contributed by atoms with Crippen LogP contribution in [0.4, 0.5) is 0 Å². The summed E-state index contributed by atoms with van der Waals surface area (Å²) in [4.78, 5) is 0. The van der Waals surface area contributed by atoms with Gasteiger partial charge in [0.25, 0.3) is 0 Å². The van der Waals surface area contributed by atoms with Crippen LogP contribution in [0.3, 0.4) is 0 Å². The van der Waals surface area contributed by atoms with E-state index in [1.54, 1.807) is 0 Å². The van der Waals surface area contributed by atoms with Crippen molar-refractivity contribution in [1.29, 1.82) is 0 Å². The summed E-state index contributed by atoms with van der Waals surface area (Å²) in [6, 6.07) is 12.5. The van der Waals surface area contributed by atoms with Crippen LogP contribution >= 0.6 is 0 Å². The topological polar surface area (TPSA) is 20.2 Å². The first-order valence-corrected chi connectivity index (χ1v) is 5.91. The van der Waals surface area contributed by atoms with Crippen LogP contribution in [0.25, 0.3) is 10.8 Å². The number of benzene rings is 2. The fourth-order valence-corrected chi connectivity index (χ4v) is 1.88. The molecule has 2 aromatic rings. The van der Waals surface area contributed by atoms with Gasteiger partial charge in [0.2, 0.25) is 0 Å². The molecule has 0 atom stereocenters. The van der Waals surface area contributed by atoms with Crippen molar-refractivity contribution < 1.29 is 5.11 Å². The number of hydrogen-bond acceptors (Lipinski definition) is 1. The van der Waals surface area contributed by atoms with Crippen molar-refractivity contribution in [3.05, 3.63) is 47.5 Å². The fourth-order valence-electron chi connectivity index (χ4n) is 1.88. The van der Waals surface area contributed by atoms with Crippen molar-refractivity contribution in [3.8, 4) is 11.8 Å². The Kier molecular flexibility index (Phi) is 3.80. The highest BCUT2D eigenvalue weighted by atomic mass is 16.2. The van der Waals surface area contributed by atoms with E-state index in [1.165, 1.54) is 16.3 Å². The van der Waals surface area contributed by atoms with Gasteiger partial charge >= 0.3 is 0 Å². The van der Waals surface area contributed by atoms with Gasteiger partial charge < -0.3 is 5.11 Å². The van der Waals surface area contributed by atoms with Gasteiger partial charge in [0, 0.05) is 18.6 Å². The predicted molar refractivity (Wildman–Crippen MR) is 71.9 cm³/mol. The third-order valence-corrected chi connectivity index (χ3v) is 2.83. The zero-order chi connectivity index (χ0) is 12.1. The van der Waals surface area contributed by atoms with Crippen LogP contribution in [0.2, 0.25) is 0 Å². The number of fused-ring (bicyclic) bond motifs is 1. The summed E-state index contributed by atoms with van der Waals surface area (Å²) in [6.07, 6.45) is 1.50. The van der Waals surface area contributed by atoms with E-state index in [-0.39, 0.29) is 6.61 Å². The Balaban J connectivity index is 2.40. The monoisotopic (exact) mass is 224 g/mol. The highest BCUT2D eigenvalue weighted by molar-refractivity contribution is 5.90. The zero-order valence-electron chi connectivity index (χ0n) is 10.0. The molecule has 86 valence electrons. The van der Waals surface area contributed by atoms with Gasteiger partial charge in [-0.25, -0.2) is 0 Å². The Bertz CT molecular complexity index is 573. The van der Waals surface area contributed by atoms with Gasteiger partial charge in [0.05, 0.1) is 0 Å². The van der Waals surface area contributed by atoms with E-state index in [0.29, 0.717) is 0 Å². The third-order valence-electron chi connectivity index (χ3n) is 2.83. The van der Waals surface area contributed by atoms with Gasteiger partial charge in [-0.2, -0.15) is 0 Å². The van der Waals surface area contributed by atoms with Crippen LogP contribution in [-0.4, -0.2) is 11.7 Å². The number of unbranched alkanes of at least 4 members (excludes halogenated alkanes) is 1. The molecule has 0 aliphatic carbocycles. The Morgan fingerprint density at radius 2 is 1.82 bits per heavy atom. The summed E-state index contributed by atoms with van der Waals surface area (Å²) in [5.74, 6) is 6.29. The lowest BCUT2D eigenvalue weighted by atomic mass is 10.0. The van der Waals surface area contributed by atoms with Crippen molar-refractivity contribution in [1.82, 2.24) is 0 Å². The summed E-state index contributed by atoms with van der Waals surface area (Å²) in [5, 5.41) is 11.2. The van der Waals surface area contributed by atoms with Gasteiger partial charge in [-0.1, -0.05) is 42.2 Å². The minimum atomic E-state index is 0.212. The molecule has 0 unspecified atom stereocenters. The van der Waals surface area contributed by atoms with Crippen molar-refractivity contribution in [2.75, 3.05) is 6.61 Å². The molecule has 0 heterocycles. The number of rotatable bonds is 2. The summed E-state index contributed by atoms with van der Waals surface area (Å²) in [7, 11) is 0. The zero-order valence-corrected chi connectivity index (χ0v) is 10.0. The van der Waals surface area contributed by atoms with Gasteiger partial charge in [0.1, 0.15) is 0 Å². The van der Waals surface area contributed by atoms with Crippen LogP contribution < -0.4 is 0 Å². The van der Waals surface area contributed by atoms with Gasteiger partial charge in [-0.05, 0) is 35.7 Å². The Morgan fingerprint density at radius 3 is 2.59 bits per heavy atom. The van der Waals surface area contributed by atoms with E-state index < -0.39 is 0 Å². The second-order valence-electron chi connectivity index (χ2n) is 4.10. The Labute approximate surface area is 102 Å². The molecule has 0 aliphatic heterocycles. The standard InChI is InChI=1S/C16H16O/c1-13-10-11-14(7-3-2-6-12-17)16-9-5-4-8-15(13)16/h4-5,8-11,17H,2,6,12H2,1H3. The van der Waals surface area contributed by atoms with Crippen molar-refractivity contribution >= 4 is 10.8 Å². The molecular weight excluding hydrogens is 208 g/mol. The highest BCUT2D eigenvalue weighted by Gasteiger charge is 1.99. The second-order valence-corrected chi connectivity index (χ2v) is 4.10. The quantitative estimate of drug-likeness (QED) is 0.613. The molecule has 2 aromatic carbocycles. The normalized spacial score (nSPS) is 10.0. The van der Waals surface area contributed by atoms with E-state index in [0.717, 1.165) is 18.4 Å². The molecule has 17 heavy (non-hydrogen) atoms. The Morgan fingerprint density at radius 1 is 1.06 bits per heavy atom. The van der Waals surface area contributed by atoms with E-state index in [4.69, 9.17) is 5.11 Å². The van der Waals surface area contributed by atoms with Crippen LogP contribution in [0.5, 0.6) is 0 Å². The van der Waals surface area contributed by atoms with Crippen LogP contribution in [0, 0.1) is 18.8 Å². The molecular formula is C16H16O. The largest absolute Gasteiger partial charge is 0.396 e. The molecule has 1 nitrogen and oxygen atoms in total. The first kappa shape index (κ1) is 11.7. The molecule has 0 saturated carbocycles. The van der Waals surface area contributed by atoms with Crippen molar-refractivity contribution in [3.63, 3.8) is 0 Å². The molecule has 1 N–H and O–H groups in total. The summed E-state index contributed by atoms with van der Waals surface area (Å²) < 4.78 is 0. The van der Waals surface area contributed by atoms with E-state index in [1.807, 2.05) is 6.07 Å². The maximum absolute atomic E-state index is 8.70. The maximum Gasteiger partial charge on any atom is 0.0440 e. The lowest BCUT2D eigenvalue weighted by Gasteiger charge is -2.03. The first-order chi connectivity index (χ1) is 8.33. The van der Waals surface area contributed by atoms with E-state index >= 15 is 0 Å². The minimum absolute atomic E-state index is 0.212. The number of aliphatic hydroxyl groups is 1. The molecule has 0 saturated heterocycles. The summed E-state index contributed by atoms with van der Waals surface area (Å²) in [6.45, 7) is 2.33. The third kappa shape index (κ3) is 2.67. The second kappa shape index (κ2) is 5.52. The Hall–Kier alpha value is -1.78. The van der Waals surface area contributed by atoms with Crippen LogP contribution in [0.1, 0.15) is 24.0 Å². The molecule has 1 heteroatoms. The smallest absolute Gasteiger partial charge is 0.0440 e. The van der Waals surface area contributed by atoms with Gasteiger partial charge in [0.15, 0.2) is 0 Å². The average Bonchev–Trinajstić information content (AvgIpc) is 2.37. The first-order valence-electron chi connectivity index (χ1n) is 5.91. The van der Waals surface area contributed by atoms with Gasteiger partial charge in [-0.3, -0.25) is 0 Å². The molecule has 0 amide bonds. The molecule has 0 aromatic heterocycles. The summed E-state index contributed by atoms with van der Waals surface area (Å²) >= 11 is 0. The van der Waals surface area contributed by atoms with Crippen molar-refractivity contribution in [2.45, 2.75) is 19.8 Å². The molecule has 0 spiro atoms. The van der Waals surface area contributed by atoms with E-state index in [2.05, 4.69) is 49.1 Å². The number of aryl methyl sites for hydroxylation is 1. The molecule has 0 bridgehead atoms. The fraction of sp³-hybridized carbons (Fsp3) is 0.250. The molecule has 2 rings (SSSR count). The van der Waals surface area contributed by atoms with E-state index in [9.17, 15) is 0 Å². The molecule has 0 fully saturated rings. The molecule has 0 aliphatic rings. The maximum atomic E-state index is 8.70. The highest BCUT2D eigenvalue weighted by Crippen LogP contribution is 2.21. The number of aliphatic hydroxyl groups excluding tert-OH is 1. The average molecular weight is 224 g/mol. The van der Waals surface area contributed by atoms with Crippen molar-refractivity contribution in [2.24, 2.45) is 0 Å². The minimum Gasteiger partial charge on any atom is -0.396 e. The lowest BCUT2D eigenvalue weighted by Crippen LogP contribution is -1.84. The van der Waals surface area contributed by atoms with Crippen LogP contribution in [0.15, 0.2) is 36.4 Å². The lowest BCUT2D eigenvalue weighted by molar-refractivity contribution is 0.290.